The van der Waals surface area contributed by atoms with Crippen LogP contribution in [0.25, 0.3) is 0 Å². The highest BCUT2D eigenvalue weighted by atomic mass is 32.2. The van der Waals surface area contributed by atoms with E-state index in [0.717, 1.165) is 30.4 Å². The predicted octanol–water partition coefficient (Wildman–Crippen LogP) is 2.70. The standard InChI is InChI=1S/C13H21NOS/c1-11(9-14)10-16-8-7-15-13-6-4-3-5-12(13)2/h3-6,11H,7-10,14H2,1-2H3. The van der Waals surface area contributed by atoms with Gasteiger partial charge in [-0.1, -0.05) is 25.1 Å². The van der Waals surface area contributed by atoms with Gasteiger partial charge in [0.05, 0.1) is 6.61 Å². The molecule has 2 N–H and O–H groups in total. The molecule has 1 unspecified atom stereocenters. The fourth-order valence-corrected chi connectivity index (χ4v) is 2.19. The summed E-state index contributed by atoms with van der Waals surface area (Å²) >= 11 is 1.91. The van der Waals surface area contributed by atoms with Gasteiger partial charge in [-0.25, -0.2) is 0 Å². The lowest BCUT2D eigenvalue weighted by Crippen LogP contribution is -2.13. The third-order valence-corrected chi connectivity index (χ3v) is 3.64. The van der Waals surface area contributed by atoms with Crippen LogP contribution in [-0.4, -0.2) is 24.7 Å². The van der Waals surface area contributed by atoms with Crippen molar-refractivity contribution in [3.8, 4) is 5.75 Å². The summed E-state index contributed by atoms with van der Waals surface area (Å²) in [5.41, 5.74) is 6.75. The molecule has 0 aromatic heterocycles. The Morgan fingerprint density at radius 2 is 2.12 bits per heavy atom. The Morgan fingerprint density at radius 1 is 1.38 bits per heavy atom. The molecule has 0 saturated carbocycles. The summed E-state index contributed by atoms with van der Waals surface area (Å²) in [6.45, 7) is 5.78. The molecule has 90 valence electrons. The monoisotopic (exact) mass is 239 g/mol. The van der Waals surface area contributed by atoms with Gasteiger partial charge in [-0.3, -0.25) is 0 Å². The molecule has 3 heteroatoms. The van der Waals surface area contributed by atoms with Crippen molar-refractivity contribution in [1.29, 1.82) is 0 Å². The Bertz CT molecular complexity index is 304. The van der Waals surface area contributed by atoms with Gasteiger partial charge in [0.25, 0.3) is 0 Å². The summed E-state index contributed by atoms with van der Waals surface area (Å²) in [6, 6.07) is 8.12. The molecule has 0 amide bonds. The first kappa shape index (κ1) is 13.4. The van der Waals surface area contributed by atoms with Gasteiger partial charge in [0.15, 0.2) is 0 Å². The molecule has 0 bridgehead atoms. The summed E-state index contributed by atoms with van der Waals surface area (Å²) in [4.78, 5) is 0. The van der Waals surface area contributed by atoms with E-state index in [-0.39, 0.29) is 0 Å². The topological polar surface area (TPSA) is 35.2 Å². The maximum absolute atomic E-state index is 5.70. The molecule has 0 aliphatic rings. The first-order valence-electron chi connectivity index (χ1n) is 5.70. The van der Waals surface area contributed by atoms with Gasteiger partial charge in [0, 0.05) is 5.75 Å². The van der Waals surface area contributed by atoms with Crippen LogP contribution in [0.1, 0.15) is 12.5 Å². The minimum absolute atomic E-state index is 0.600. The third-order valence-electron chi connectivity index (χ3n) is 2.38. The van der Waals surface area contributed by atoms with Crippen molar-refractivity contribution < 1.29 is 4.74 Å². The van der Waals surface area contributed by atoms with Crippen LogP contribution in [-0.2, 0) is 0 Å². The fourth-order valence-electron chi connectivity index (χ4n) is 1.28. The third kappa shape index (κ3) is 4.90. The SMILES string of the molecule is Cc1ccccc1OCCSCC(C)CN. The molecule has 0 radical (unpaired) electrons. The van der Waals surface area contributed by atoms with Crippen molar-refractivity contribution in [2.45, 2.75) is 13.8 Å². The largest absolute Gasteiger partial charge is 0.492 e. The number of nitrogens with two attached hydrogens (primary N) is 1. The van der Waals surface area contributed by atoms with Crippen LogP contribution in [0.2, 0.25) is 0 Å². The lowest BCUT2D eigenvalue weighted by Gasteiger charge is -2.10. The Labute approximate surface area is 103 Å². The molecule has 2 nitrogen and oxygen atoms in total. The number of benzene rings is 1. The Morgan fingerprint density at radius 3 is 2.81 bits per heavy atom. The van der Waals surface area contributed by atoms with Crippen molar-refractivity contribution in [2.24, 2.45) is 11.7 Å². The van der Waals surface area contributed by atoms with E-state index in [4.69, 9.17) is 10.5 Å². The summed E-state index contributed by atoms with van der Waals surface area (Å²) in [6.07, 6.45) is 0. The molecule has 0 heterocycles. The minimum atomic E-state index is 0.600. The zero-order valence-electron chi connectivity index (χ0n) is 10.1. The van der Waals surface area contributed by atoms with Crippen LogP contribution in [0.4, 0.5) is 0 Å². The van der Waals surface area contributed by atoms with E-state index >= 15 is 0 Å². The molecule has 0 fully saturated rings. The molecule has 0 spiro atoms. The summed E-state index contributed by atoms with van der Waals surface area (Å²) in [7, 11) is 0. The second-order valence-corrected chi connectivity index (χ2v) is 5.18. The highest BCUT2D eigenvalue weighted by molar-refractivity contribution is 7.99. The maximum atomic E-state index is 5.70. The van der Waals surface area contributed by atoms with Gasteiger partial charge in [-0.2, -0.15) is 11.8 Å². The highest BCUT2D eigenvalue weighted by Crippen LogP contribution is 2.16. The van der Waals surface area contributed by atoms with Gasteiger partial charge >= 0.3 is 0 Å². The van der Waals surface area contributed by atoms with Gasteiger partial charge in [-0.05, 0) is 36.8 Å². The summed E-state index contributed by atoms with van der Waals surface area (Å²) in [5, 5.41) is 0. The van der Waals surface area contributed by atoms with E-state index in [0.29, 0.717) is 5.92 Å². The van der Waals surface area contributed by atoms with E-state index in [1.54, 1.807) is 0 Å². The van der Waals surface area contributed by atoms with Crippen LogP contribution in [0.5, 0.6) is 5.75 Å². The van der Waals surface area contributed by atoms with Gasteiger partial charge < -0.3 is 10.5 Å². The Kier molecular flexibility index (Phi) is 6.34. The van der Waals surface area contributed by atoms with Crippen molar-refractivity contribution in [3.63, 3.8) is 0 Å². The van der Waals surface area contributed by atoms with E-state index < -0.39 is 0 Å². The summed E-state index contributed by atoms with van der Waals surface area (Å²) in [5.74, 6) is 3.74. The lowest BCUT2D eigenvalue weighted by molar-refractivity contribution is 0.341. The van der Waals surface area contributed by atoms with E-state index in [2.05, 4.69) is 19.9 Å². The first-order valence-corrected chi connectivity index (χ1v) is 6.85. The number of rotatable bonds is 7. The average molecular weight is 239 g/mol. The molecule has 0 saturated heterocycles. The van der Waals surface area contributed by atoms with E-state index in [1.807, 2.05) is 30.0 Å². The number of ether oxygens (including phenoxy) is 1. The van der Waals surface area contributed by atoms with Gasteiger partial charge in [-0.15, -0.1) is 0 Å². The normalized spacial score (nSPS) is 12.4. The van der Waals surface area contributed by atoms with Gasteiger partial charge in [0.2, 0.25) is 0 Å². The van der Waals surface area contributed by atoms with Crippen molar-refractivity contribution in [2.75, 3.05) is 24.7 Å². The number of para-hydroxylation sites is 1. The second-order valence-electron chi connectivity index (χ2n) is 4.03. The number of hydrogen-bond donors (Lipinski definition) is 1. The molecule has 1 aromatic carbocycles. The van der Waals surface area contributed by atoms with Crippen LogP contribution in [0.3, 0.4) is 0 Å². The highest BCUT2D eigenvalue weighted by Gasteiger charge is 2.00. The van der Waals surface area contributed by atoms with Crippen LogP contribution < -0.4 is 10.5 Å². The molecular formula is C13H21NOS. The van der Waals surface area contributed by atoms with Crippen molar-refractivity contribution >= 4 is 11.8 Å². The van der Waals surface area contributed by atoms with E-state index in [1.165, 1.54) is 5.56 Å². The quantitative estimate of drug-likeness (QED) is 0.743. The Hall–Kier alpha value is -0.670. The van der Waals surface area contributed by atoms with Crippen LogP contribution >= 0.6 is 11.8 Å². The maximum Gasteiger partial charge on any atom is 0.122 e. The minimum Gasteiger partial charge on any atom is -0.492 e. The van der Waals surface area contributed by atoms with Crippen molar-refractivity contribution in [1.82, 2.24) is 0 Å². The molecule has 0 aliphatic carbocycles. The predicted molar refractivity (Wildman–Crippen MR) is 72.2 cm³/mol. The van der Waals surface area contributed by atoms with Gasteiger partial charge in [0.1, 0.15) is 5.75 Å². The number of hydrogen-bond acceptors (Lipinski definition) is 3. The molecule has 1 aromatic rings. The smallest absolute Gasteiger partial charge is 0.122 e. The number of thioether (sulfide) groups is 1. The first-order chi connectivity index (χ1) is 7.74. The van der Waals surface area contributed by atoms with Crippen LogP contribution in [0, 0.1) is 12.8 Å². The molecule has 1 rings (SSSR count). The number of aryl methyl sites for hydroxylation is 1. The van der Waals surface area contributed by atoms with Crippen LogP contribution in [0.15, 0.2) is 24.3 Å². The molecule has 1 atom stereocenters. The van der Waals surface area contributed by atoms with E-state index in [9.17, 15) is 0 Å². The zero-order chi connectivity index (χ0) is 11.8. The molecule has 0 aliphatic heterocycles. The lowest BCUT2D eigenvalue weighted by atomic mass is 10.2. The zero-order valence-corrected chi connectivity index (χ0v) is 10.9. The average Bonchev–Trinajstić information content (AvgIpc) is 2.30. The van der Waals surface area contributed by atoms with Crippen molar-refractivity contribution in [3.05, 3.63) is 29.8 Å². The second kappa shape index (κ2) is 7.58. The molecular weight excluding hydrogens is 218 g/mol. The summed E-state index contributed by atoms with van der Waals surface area (Å²) < 4.78 is 5.70. The fraction of sp³-hybridized carbons (Fsp3) is 0.538. The Balaban J connectivity index is 2.14. The molecule has 16 heavy (non-hydrogen) atoms.